The first kappa shape index (κ1) is 15.0. The summed E-state index contributed by atoms with van der Waals surface area (Å²) in [6, 6.07) is 2.34. The van der Waals surface area contributed by atoms with Crippen LogP contribution < -0.4 is 5.32 Å². The fraction of sp³-hybridized carbons (Fsp3) is 0.750. The van der Waals surface area contributed by atoms with E-state index in [4.69, 9.17) is 0 Å². The summed E-state index contributed by atoms with van der Waals surface area (Å²) in [7, 11) is 0. The highest BCUT2D eigenvalue weighted by atomic mass is 32.2. The molecule has 1 fully saturated rings. The lowest BCUT2D eigenvalue weighted by Gasteiger charge is -2.27. The smallest absolute Gasteiger partial charge is 0.0281 e. The number of nitrogens with one attached hydrogen (secondary N) is 1. The molecule has 1 N–H and O–H groups in total. The highest BCUT2D eigenvalue weighted by molar-refractivity contribution is 8.00. The van der Waals surface area contributed by atoms with Crippen molar-refractivity contribution in [1.29, 1.82) is 0 Å². The molecule has 0 saturated heterocycles. The maximum Gasteiger partial charge on any atom is 0.0281 e. The summed E-state index contributed by atoms with van der Waals surface area (Å²) in [5.41, 5.74) is 4.28. The van der Waals surface area contributed by atoms with Crippen LogP contribution >= 0.6 is 11.8 Å². The van der Waals surface area contributed by atoms with Gasteiger partial charge >= 0.3 is 0 Å². The summed E-state index contributed by atoms with van der Waals surface area (Å²) in [6.07, 6.45) is 7.86. The molecular weight excluding hydrogens is 252 g/mol. The van der Waals surface area contributed by atoms with Crippen molar-refractivity contribution in [3.63, 3.8) is 0 Å². The average molecular weight is 280 g/mol. The Kier molecular flexibility index (Phi) is 5.02. The molecule has 2 rings (SSSR count). The predicted octanol–water partition coefficient (Wildman–Crippen LogP) is 3.89. The molecule has 0 spiro atoms. The largest absolute Gasteiger partial charge is 0.349 e. The molecule has 0 atom stereocenters. The lowest BCUT2D eigenvalue weighted by atomic mass is 10.1. The van der Waals surface area contributed by atoms with Gasteiger partial charge in [0.2, 0.25) is 0 Å². The van der Waals surface area contributed by atoms with E-state index < -0.39 is 0 Å². The van der Waals surface area contributed by atoms with Gasteiger partial charge in [0.1, 0.15) is 0 Å². The van der Waals surface area contributed by atoms with E-state index in [1.807, 2.05) is 0 Å². The van der Waals surface area contributed by atoms with E-state index in [1.54, 1.807) is 0 Å². The van der Waals surface area contributed by atoms with E-state index >= 15 is 0 Å². The standard InChI is InChI=1S/C16H28N2S/c1-5-18-13(2)10-15(14(18)3)11-17-12-16(19-4)8-6-7-9-16/h10,17H,5-9,11-12H2,1-4H3. The maximum atomic E-state index is 3.71. The van der Waals surface area contributed by atoms with Crippen LogP contribution in [-0.4, -0.2) is 22.1 Å². The van der Waals surface area contributed by atoms with Crippen molar-refractivity contribution < 1.29 is 0 Å². The molecule has 0 bridgehead atoms. The minimum Gasteiger partial charge on any atom is -0.349 e. The van der Waals surface area contributed by atoms with Crippen LogP contribution in [0, 0.1) is 13.8 Å². The van der Waals surface area contributed by atoms with Gasteiger partial charge in [-0.25, -0.2) is 0 Å². The Bertz CT molecular complexity index is 417. The number of hydrogen-bond acceptors (Lipinski definition) is 2. The fourth-order valence-corrected chi connectivity index (χ4v) is 4.38. The molecule has 1 aromatic heterocycles. The number of nitrogens with zero attached hydrogens (tertiary/aromatic N) is 1. The van der Waals surface area contributed by atoms with Crippen molar-refractivity contribution in [2.24, 2.45) is 0 Å². The number of aryl methyl sites for hydroxylation is 1. The van der Waals surface area contributed by atoms with E-state index in [2.05, 4.69) is 54.7 Å². The normalized spacial score (nSPS) is 18.1. The average Bonchev–Trinajstić information content (AvgIpc) is 2.97. The van der Waals surface area contributed by atoms with Gasteiger partial charge in [0.15, 0.2) is 0 Å². The van der Waals surface area contributed by atoms with Crippen molar-refractivity contribution in [2.45, 2.75) is 64.3 Å². The topological polar surface area (TPSA) is 17.0 Å². The third-order valence-electron chi connectivity index (χ3n) is 4.71. The lowest BCUT2D eigenvalue weighted by Crippen LogP contribution is -2.34. The molecule has 1 aliphatic carbocycles. The van der Waals surface area contributed by atoms with Crippen molar-refractivity contribution in [3.05, 3.63) is 23.0 Å². The zero-order valence-electron chi connectivity index (χ0n) is 12.9. The monoisotopic (exact) mass is 280 g/mol. The molecule has 19 heavy (non-hydrogen) atoms. The molecule has 108 valence electrons. The van der Waals surface area contributed by atoms with Crippen LogP contribution in [0.4, 0.5) is 0 Å². The van der Waals surface area contributed by atoms with E-state index in [0.29, 0.717) is 4.75 Å². The minimum atomic E-state index is 0.510. The maximum absolute atomic E-state index is 3.71. The van der Waals surface area contributed by atoms with Crippen LogP contribution in [0.2, 0.25) is 0 Å². The highest BCUT2D eigenvalue weighted by Gasteiger charge is 2.32. The molecule has 1 saturated carbocycles. The SMILES string of the molecule is CCn1c(C)cc(CNCC2(SC)CCCC2)c1C. The number of thioether (sulfide) groups is 1. The second-order valence-corrected chi connectivity index (χ2v) is 7.11. The first-order valence-electron chi connectivity index (χ1n) is 7.53. The van der Waals surface area contributed by atoms with E-state index in [0.717, 1.165) is 19.6 Å². The Morgan fingerprint density at radius 2 is 2.00 bits per heavy atom. The lowest BCUT2D eigenvalue weighted by molar-refractivity contribution is 0.532. The molecule has 0 aliphatic heterocycles. The van der Waals surface area contributed by atoms with Gasteiger partial charge in [-0.1, -0.05) is 12.8 Å². The third-order valence-corrected chi connectivity index (χ3v) is 6.12. The summed E-state index contributed by atoms with van der Waals surface area (Å²) >= 11 is 2.06. The zero-order chi connectivity index (χ0) is 13.9. The van der Waals surface area contributed by atoms with E-state index in [1.165, 1.54) is 42.6 Å². The summed E-state index contributed by atoms with van der Waals surface area (Å²) in [6.45, 7) is 9.92. The van der Waals surface area contributed by atoms with Crippen LogP contribution in [0.5, 0.6) is 0 Å². The van der Waals surface area contributed by atoms with Crippen molar-refractivity contribution in [2.75, 3.05) is 12.8 Å². The Hall–Kier alpha value is -0.410. The molecule has 3 heteroatoms. The van der Waals surface area contributed by atoms with Crippen LogP contribution in [0.3, 0.4) is 0 Å². The van der Waals surface area contributed by atoms with Gasteiger partial charge in [0.25, 0.3) is 0 Å². The van der Waals surface area contributed by atoms with Crippen molar-refractivity contribution in [3.8, 4) is 0 Å². The first-order valence-corrected chi connectivity index (χ1v) is 8.76. The summed E-state index contributed by atoms with van der Waals surface area (Å²) in [4.78, 5) is 0. The van der Waals surface area contributed by atoms with Gasteiger partial charge in [-0.3, -0.25) is 0 Å². The number of aromatic nitrogens is 1. The Balaban J connectivity index is 1.92. The number of rotatable bonds is 6. The van der Waals surface area contributed by atoms with Gasteiger partial charge in [-0.2, -0.15) is 11.8 Å². The summed E-state index contributed by atoms with van der Waals surface area (Å²) in [5.74, 6) is 0. The van der Waals surface area contributed by atoms with Crippen LogP contribution in [0.1, 0.15) is 49.6 Å². The van der Waals surface area contributed by atoms with Crippen molar-refractivity contribution >= 4 is 11.8 Å². The van der Waals surface area contributed by atoms with E-state index in [-0.39, 0.29) is 0 Å². The summed E-state index contributed by atoms with van der Waals surface area (Å²) in [5, 5.41) is 3.71. The second kappa shape index (κ2) is 6.36. The van der Waals surface area contributed by atoms with Crippen molar-refractivity contribution in [1.82, 2.24) is 9.88 Å². The van der Waals surface area contributed by atoms with Gasteiger partial charge < -0.3 is 9.88 Å². The first-order chi connectivity index (χ1) is 9.12. The molecule has 0 radical (unpaired) electrons. The highest BCUT2D eigenvalue weighted by Crippen LogP contribution is 2.39. The molecule has 2 nitrogen and oxygen atoms in total. The molecule has 0 unspecified atom stereocenters. The molecule has 1 heterocycles. The van der Waals surface area contributed by atoms with Crippen LogP contribution in [0.15, 0.2) is 6.07 Å². The second-order valence-electron chi connectivity index (χ2n) is 5.84. The minimum absolute atomic E-state index is 0.510. The van der Waals surface area contributed by atoms with Gasteiger partial charge in [0.05, 0.1) is 0 Å². The Morgan fingerprint density at radius 1 is 1.32 bits per heavy atom. The molecule has 1 aliphatic rings. The number of hydrogen-bond donors (Lipinski definition) is 1. The zero-order valence-corrected chi connectivity index (χ0v) is 13.7. The molecule has 1 aromatic rings. The van der Waals surface area contributed by atoms with Gasteiger partial charge in [0, 0.05) is 35.8 Å². The van der Waals surface area contributed by atoms with E-state index in [9.17, 15) is 0 Å². The fourth-order valence-electron chi connectivity index (χ4n) is 3.44. The molecular formula is C16H28N2S. The third kappa shape index (κ3) is 3.19. The predicted molar refractivity (Wildman–Crippen MR) is 86.0 cm³/mol. The molecule has 0 amide bonds. The van der Waals surface area contributed by atoms with Crippen LogP contribution in [-0.2, 0) is 13.1 Å². The van der Waals surface area contributed by atoms with Gasteiger partial charge in [-0.15, -0.1) is 0 Å². The Labute approximate surface area is 122 Å². The molecule has 0 aromatic carbocycles. The van der Waals surface area contributed by atoms with Crippen LogP contribution in [0.25, 0.3) is 0 Å². The quantitative estimate of drug-likeness (QED) is 0.851. The van der Waals surface area contributed by atoms with Gasteiger partial charge in [-0.05, 0) is 51.5 Å². The summed E-state index contributed by atoms with van der Waals surface area (Å²) < 4.78 is 2.91. The Morgan fingerprint density at radius 3 is 2.53 bits per heavy atom.